The van der Waals surface area contributed by atoms with Crippen LogP contribution in [-0.4, -0.2) is 9.97 Å². The van der Waals surface area contributed by atoms with Gasteiger partial charge in [0.15, 0.2) is 0 Å². The summed E-state index contributed by atoms with van der Waals surface area (Å²) < 4.78 is 0. The largest absolute Gasteiger partial charge is 0.306 e. The fourth-order valence-corrected chi connectivity index (χ4v) is 2.43. The van der Waals surface area contributed by atoms with Gasteiger partial charge in [0.05, 0.1) is 10.9 Å². The van der Waals surface area contributed by atoms with E-state index < -0.39 is 0 Å². The number of hydrogen-bond acceptors (Lipinski definition) is 3. The summed E-state index contributed by atoms with van der Waals surface area (Å²) in [5.41, 5.74) is 2.67. The Morgan fingerprint density at radius 1 is 1.29 bits per heavy atom. The first-order chi connectivity index (χ1) is 8.24. The van der Waals surface area contributed by atoms with Crippen molar-refractivity contribution in [1.29, 1.82) is 0 Å². The smallest absolute Gasteiger partial charge is 0.259 e. The molecule has 3 nitrogen and oxygen atoms in total. The first-order valence-electron chi connectivity index (χ1n) is 5.27. The fraction of sp³-hybridized carbons (Fsp3) is 0.0769. The second-order valence-corrected chi connectivity index (χ2v) is 4.73. The Morgan fingerprint density at radius 2 is 2.18 bits per heavy atom. The van der Waals surface area contributed by atoms with Crippen LogP contribution in [0.1, 0.15) is 5.56 Å². The van der Waals surface area contributed by atoms with Crippen LogP contribution in [-0.2, 0) is 0 Å². The molecule has 0 aliphatic rings. The molecular formula is C13H10N2OS. The summed E-state index contributed by atoms with van der Waals surface area (Å²) >= 11 is 1.59. The van der Waals surface area contributed by atoms with E-state index in [2.05, 4.69) is 9.97 Å². The van der Waals surface area contributed by atoms with Gasteiger partial charge >= 0.3 is 0 Å². The Morgan fingerprint density at radius 3 is 2.94 bits per heavy atom. The van der Waals surface area contributed by atoms with Gasteiger partial charge < -0.3 is 4.98 Å². The molecule has 0 atom stereocenters. The average Bonchev–Trinajstić information content (AvgIpc) is 2.83. The van der Waals surface area contributed by atoms with Gasteiger partial charge in [0.2, 0.25) is 0 Å². The van der Waals surface area contributed by atoms with Crippen molar-refractivity contribution in [3.05, 3.63) is 50.9 Å². The molecule has 0 aliphatic heterocycles. The van der Waals surface area contributed by atoms with Gasteiger partial charge in [-0.05, 0) is 30.5 Å². The highest BCUT2D eigenvalue weighted by Gasteiger charge is 2.05. The topological polar surface area (TPSA) is 45.8 Å². The summed E-state index contributed by atoms with van der Waals surface area (Å²) in [5.74, 6) is 0.632. The lowest BCUT2D eigenvalue weighted by Gasteiger charge is -2.01. The summed E-state index contributed by atoms with van der Waals surface area (Å²) in [6, 6.07) is 7.66. The number of rotatable bonds is 1. The van der Waals surface area contributed by atoms with E-state index in [1.807, 2.05) is 41.9 Å². The van der Waals surface area contributed by atoms with Gasteiger partial charge in [-0.3, -0.25) is 4.79 Å². The molecule has 1 N–H and O–H groups in total. The number of nitrogens with zero attached hydrogens (tertiary/aromatic N) is 1. The first kappa shape index (κ1) is 10.2. The van der Waals surface area contributed by atoms with Crippen LogP contribution in [0.2, 0.25) is 0 Å². The molecule has 17 heavy (non-hydrogen) atoms. The number of aromatic amines is 1. The quantitative estimate of drug-likeness (QED) is 0.713. The molecule has 3 aromatic rings. The molecule has 0 saturated heterocycles. The van der Waals surface area contributed by atoms with E-state index in [-0.39, 0.29) is 5.56 Å². The van der Waals surface area contributed by atoms with Crippen molar-refractivity contribution in [2.45, 2.75) is 6.92 Å². The normalized spacial score (nSPS) is 10.9. The molecule has 0 fully saturated rings. The summed E-state index contributed by atoms with van der Waals surface area (Å²) in [7, 11) is 0. The standard InChI is InChI=1S/C13H10N2OS/c1-8-2-3-11-10(6-8)13(16)15-12(14-11)9-4-5-17-7-9/h2-7H,1H3,(H,14,15,16). The number of fused-ring (bicyclic) bond motifs is 1. The lowest BCUT2D eigenvalue weighted by atomic mass is 10.1. The molecule has 0 radical (unpaired) electrons. The van der Waals surface area contributed by atoms with Crippen LogP contribution in [0.25, 0.3) is 22.3 Å². The lowest BCUT2D eigenvalue weighted by molar-refractivity contribution is 1.18. The van der Waals surface area contributed by atoms with Crippen molar-refractivity contribution in [3.8, 4) is 11.4 Å². The summed E-state index contributed by atoms with van der Waals surface area (Å²) in [6.07, 6.45) is 0. The lowest BCUT2D eigenvalue weighted by Crippen LogP contribution is -2.09. The highest BCUT2D eigenvalue weighted by Crippen LogP contribution is 2.19. The van der Waals surface area contributed by atoms with Gasteiger partial charge in [-0.1, -0.05) is 11.6 Å². The molecule has 1 aromatic carbocycles. The number of aromatic nitrogens is 2. The summed E-state index contributed by atoms with van der Waals surface area (Å²) in [4.78, 5) is 19.2. The third-order valence-electron chi connectivity index (χ3n) is 2.66. The number of thiophene rings is 1. The zero-order valence-electron chi connectivity index (χ0n) is 9.23. The Kier molecular flexibility index (Phi) is 2.30. The molecule has 2 aromatic heterocycles. The van der Waals surface area contributed by atoms with E-state index >= 15 is 0 Å². The van der Waals surface area contributed by atoms with Crippen molar-refractivity contribution in [2.75, 3.05) is 0 Å². The molecule has 0 spiro atoms. The van der Waals surface area contributed by atoms with Crippen molar-refractivity contribution in [2.24, 2.45) is 0 Å². The van der Waals surface area contributed by atoms with Crippen LogP contribution >= 0.6 is 11.3 Å². The van der Waals surface area contributed by atoms with Crippen LogP contribution in [0.3, 0.4) is 0 Å². The number of aryl methyl sites for hydroxylation is 1. The molecule has 84 valence electrons. The molecule has 0 saturated carbocycles. The molecule has 3 rings (SSSR count). The van der Waals surface area contributed by atoms with Gasteiger partial charge in [0, 0.05) is 10.9 Å². The SMILES string of the molecule is Cc1ccc2nc(-c3ccsc3)[nH]c(=O)c2c1. The predicted octanol–water partition coefficient (Wildman–Crippen LogP) is 2.96. The second-order valence-electron chi connectivity index (χ2n) is 3.95. The molecule has 0 amide bonds. The maximum Gasteiger partial charge on any atom is 0.259 e. The van der Waals surface area contributed by atoms with Crippen LogP contribution in [0.5, 0.6) is 0 Å². The highest BCUT2D eigenvalue weighted by atomic mass is 32.1. The summed E-state index contributed by atoms with van der Waals surface area (Å²) in [5, 5.41) is 4.58. The van der Waals surface area contributed by atoms with Crippen LogP contribution in [0.4, 0.5) is 0 Å². The zero-order valence-corrected chi connectivity index (χ0v) is 10.0. The third-order valence-corrected chi connectivity index (χ3v) is 3.34. The first-order valence-corrected chi connectivity index (χ1v) is 6.21. The number of hydrogen-bond donors (Lipinski definition) is 1. The fourth-order valence-electron chi connectivity index (χ4n) is 1.79. The highest BCUT2D eigenvalue weighted by molar-refractivity contribution is 7.08. The maximum absolute atomic E-state index is 12.0. The van der Waals surface area contributed by atoms with Gasteiger partial charge in [-0.2, -0.15) is 11.3 Å². The minimum atomic E-state index is -0.0834. The van der Waals surface area contributed by atoms with Crippen molar-refractivity contribution >= 4 is 22.2 Å². The van der Waals surface area contributed by atoms with Gasteiger partial charge in [0.25, 0.3) is 5.56 Å². The minimum Gasteiger partial charge on any atom is -0.306 e. The van der Waals surface area contributed by atoms with Crippen molar-refractivity contribution in [1.82, 2.24) is 9.97 Å². The van der Waals surface area contributed by atoms with Crippen molar-refractivity contribution in [3.63, 3.8) is 0 Å². The van der Waals surface area contributed by atoms with E-state index in [1.54, 1.807) is 11.3 Å². The Balaban J connectivity index is 2.32. The minimum absolute atomic E-state index is 0.0834. The Hall–Kier alpha value is -1.94. The van der Waals surface area contributed by atoms with Crippen LogP contribution in [0, 0.1) is 6.92 Å². The average molecular weight is 242 g/mol. The molecule has 4 heteroatoms. The van der Waals surface area contributed by atoms with Gasteiger partial charge in [0.1, 0.15) is 5.82 Å². The Bertz CT molecular complexity index is 729. The van der Waals surface area contributed by atoms with E-state index in [9.17, 15) is 4.79 Å². The number of H-pyrrole nitrogens is 1. The van der Waals surface area contributed by atoms with Gasteiger partial charge in [-0.25, -0.2) is 4.98 Å². The predicted molar refractivity (Wildman–Crippen MR) is 70.4 cm³/mol. The number of benzene rings is 1. The van der Waals surface area contributed by atoms with E-state index in [4.69, 9.17) is 0 Å². The van der Waals surface area contributed by atoms with Gasteiger partial charge in [-0.15, -0.1) is 0 Å². The summed E-state index contributed by atoms with van der Waals surface area (Å²) in [6.45, 7) is 1.96. The Labute approximate surface area is 102 Å². The molecule has 0 aliphatic carbocycles. The van der Waals surface area contributed by atoms with E-state index in [0.717, 1.165) is 16.6 Å². The van der Waals surface area contributed by atoms with E-state index in [1.165, 1.54) is 0 Å². The second kappa shape index (κ2) is 3.82. The zero-order chi connectivity index (χ0) is 11.8. The molecular weight excluding hydrogens is 232 g/mol. The molecule has 2 heterocycles. The number of nitrogens with one attached hydrogen (secondary N) is 1. The molecule has 0 unspecified atom stereocenters. The maximum atomic E-state index is 12.0. The van der Waals surface area contributed by atoms with E-state index in [0.29, 0.717) is 11.2 Å². The third kappa shape index (κ3) is 1.76. The van der Waals surface area contributed by atoms with Crippen molar-refractivity contribution < 1.29 is 0 Å². The monoisotopic (exact) mass is 242 g/mol. The van der Waals surface area contributed by atoms with Crippen LogP contribution < -0.4 is 5.56 Å². The van der Waals surface area contributed by atoms with Crippen LogP contribution in [0.15, 0.2) is 39.8 Å². The molecule has 0 bridgehead atoms.